The summed E-state index contributed by atoms with van der Waals surface area (Å²) in [6.07, 6.45) is -7.85. The monoisotopic (exact) mass is 425 g/mol. The summed E-state index contributed by atoms with van der Waals surface area (Å²) in [6.45, 7) is 8.03. The Morgan fingerprint density at radius 1 is 0.966 bits per heavy atom. The molecule has 1 aromatic carbocycles. The Balaban J connectivity index is 2.19. The summed E-state index contributed by atoms with van der Waals surface area (Å²) >= 11 is 0. The van der Waals surface area contributed by atoms with E-state index < -0.39 is 35.2 Å². The number of rotatable bonds is 4. The van der Waals surface area contributed by atoms with E-state index >= 15 is 0 Å². The highest BCUT2D eigenvalue weighted by atomic mass is 19.4. The van der Waals surface area contributed by atoms with E-state index in [1.807, 2.05) is 20.8 Å². The highest BCUT2D eigenvalue weighted by Gasteiger charge is 2.37. The van der Waals surface area contributed by atoms with Gasteiger partial charge in [-0.05, 0) is 49.5 Å². The SMILES string of the molecule is CC(C)(C)[C@@H](CN1CCCC1)NC(=O)Nc1cc(C(F)(F)F)cc(C(F)(F)F)c1. The van der Waals surface area contributed by atoms with Gasteiger partial charge in [0.2, 0.25) is 0 Å². The second-order valence-electron chi connectivity index (χ2n) is 8.32. The zero-order valence-corrected chi connectivity index (χ0v) is 16.5. The van der Waals surface area contributed by atoms with Crippen molar-refractivity contribution in [2.24, 2.45) is 5.41 Å². The molecule has 1 aliphatic rings. The molecule has 1 atom stereocenters. The Morgan fingerprint density at radius 3 is 1.86 bits per heavy atom. The molecule has 0 saturated carbocycles. The molecular formula is C19H25F6N3O. The van der Waals surface area contributed by atoms with Crippen molar-refractivity contribution >= 4 is 11.7 Å². The van der Waals surface area contributed by atoms with Crippen molar-refractivity contribution in [2.45, 2.75) is 52.0 Å². The number of urea groups is 1. The molecule has 2 amide bonds. The molecule has 2 N–H and O–H groups in total. The summed E-state index contributed by atoms with van der Waals surface area (Å²) in [7, 11) is 0. The van der Waals surface area contributed by atoms with E-state index in [0.29, 0.717) is 18.7 Å². The number of nitrogens with zero attached hydrogens (tertiary/aromatic N) is 1. The highest BCUT2D eigenvalue weighted by Crippen LogP contribution is 2.37. The van der Waals surface area contributed by atoms with Crippen LogP contribution < -0.4 is 10.6 Å². The van der Waals surface area contributed by atoms with Gasteiger partial charge in [-0.3, -0.25) is 0 Å². The predicted octanol–water partition coefficient (Wildman–Crippen LogP) is 5.36. The maximum Gasteiger partial charge on any atom is 0.416 e. The van der Waals surface area contributed by atoms with Gasteiger partial charge in [-0.25, -0.2) is 4.79 Å². The first kappa shape index (κ1) is 23.3. The lowest BCUT2D eigenvalue weighted by Gasteiger charge is -2.34. The number of alkyl halides is 6. The maximum atomic E-state index is 13.0. The van der Waals surface area contributed by atoms with E-state index in [4.69, 9.17) is 0 Å². The van der Waals surface area contributed by atoms with Crippen LogP contribution >= 0.6 is 0 Å². The quantitative estimate of drug-likeness (QED) is 0.639. The van der Waals surface area contributed by atoms with Crippen LogP contribution in [0.15, 0.2) is 18.2 Å². The van der Waals surface area contributed by atoms with Crippen LogP contribution in [0.2, 0.25) is 0 Å². The van der Waals surface area contributed by atoms with E-state index in [9.17, 15) is 31.1 Å². The Kier molecular flexibility index (Phi) is 6.76. The molecule has 1 heterocycles. The van der Waals surface area contributed by atoms with Gasteiger partial charge in [0.25, 0.3) is 0 Å². The lowest BCUT2D eigenvalue weighted by Crippen LogP contribution is -2.51. The molecule has 1 saturated heterocycles. The normalized spacial score (nSPS) is 17.3. The number of hydrogen-bond acceptors (Lipinski definition) is 2. The third-order valence-electron chi connectivity index (χ3n) is 4.84. The van der Waals surface area contributed by atoms with Gasteiger partial charge in [-0.1, -0.05) is 20.8 Å². The van der Waals surface area contributed by atoms with Gasteiger partial charge in [0, 0.05) is 18.3 Å². The molecule has 29 heavy (non-hydrogen) atoms. The number of carbonyl (C=O) groups excluding carboxylic acids is 1. The molecule has 0 aromatic heterocycles. The van der Waals surface area contributed by atoms with Crippen molar-refractivity contribution in [3.05, 3.63) is 29.3 Å². The molecule has 0 unspecified atom stereocenters. The number of carbonyl (C=O) groups is 1. The molecule has 1 fully saturated rings. The van der Waals surface area contributed by atoms with E-state index in [-0.39, 0.29) is 17.5 Å². The molecular weight excluding hydrogens is 400 g/mol. The Morgan fingerprint density at radius 2 is 1.45 bits per heavy atom. The summed E-state index contributed by atoms with van der Waals surface area (Å²) in [5.41, 5.74) is -3.89. The van der Waals surface area contributed by atoms with Crippen LogP contribution in [-0.4, -0.2) is 36.6 Å². The Labute approximate surface area is 165 Å². The van der Waals surface area contributed by atoms with Crippen LogP contribution in [0.25, 0.3) is 0 Å². The van der Waals surface area contributed by atoms with Crippen LogP contribution in [-0.2, 0) is 12.4 Å². The number of hydrogen-bond donors (Lipinski definition) is 2. The fraction of sp³-hybridized carbons (Fsp3) is 0.632. The number of amides is 2. The van der Waals surface area contributed by atoms with Gasteiger partial charge in [0.05, 0.1) is 11.1 Å². The minimum Gasteiger partial charge on any atom is -0.333 e. The predicted molar refractivity (Wildman–Crippen MR) is 97.5 cm³/mol. The van der Waals surface area contributed by atoms with E-state index in [1.54, 1.807) is 0 Å². The molecule has 1 aromatic rings. The zero-order valence-electron chi connectivity index (χ0n) is 16.5. The molecule has 4 nitrogen and oxygen atoms in total. The number of anilines is 1. The minimum atomic E-state index is -4.97. The van der Waals surface area contributed by atoms with E-state index in [1.165, 1.54) is 0 Å². The fourth-order valence-electron chi connectivity index (χ4n) is 3.11. The summed E-state index contributed by atoms with van der Waals surface area (Å²) in [5, 5.41) is 4.82. The highest BCUT2D eigenvalue weighted by molar-refractivity contribution is 5.89. The largest absolute Gasteiger partial charge is 0.416 e. The van der Waals surface area contributed by atoms with Gasteiger partial charge < -0.3 is 15.5 Å². The third kappa shape index (κ3) is 6.80. The van der Waals surface area contributed by atoms with E-state index in [0.717, 1.165) is 25.9 Å². The lowest BCUT2D eigenvalue weighted by atomic mass is 9.86. The van der Waals surface area contributed by atoms with Crippen LogP contribution in [0.4, 0.5) is 36.8 Å². The number of nitrogens with one attached hydrogen (secondary N) is 2. The van der Waals surface area contributed by atoms with Crippen LogP contribution in [0.3, 0.4) is 0 Å². The van der Waals surface area contributed by atoms with Crippen LogP contribution in [0, 0.1) is 5.41 Å². The second-order valence-corrected chi connectivity index (χ2v) is 8.32. The average molecular weight is 425 g/mol. The Hall–Kier alpha value is -1.97. The molecule has 10 heteroatoms. The van der Waals surface area contributed by atoms with Crippen molar-refractivity contribution < 1.29 is 31.1 Å². The molecule has 164 valence electrons. The van der Waals surface area contributed by atoms with E-state index in [2.05, 4.69) is 15.5 Å². The first-order valence-corrected chi connectivity index (χ1v) is 9.25. The van der Waals surface area contributed by atoms with Crippen molar-refractivity contribution in [3.8, 4) is 0 Å². The van der Waals surface area contributed by atoms with Gasteiger partial charge in [-0.2, -0.15) is 26.3 Å². The van der Waals surface area contributed by atoms with Gasteiger partial charge >= 0.3 is 18.4 Å². The third-order valence-corrected chi connectivity index (χ3v) is 4.84. The van der Waals surface area contributed by atoms with Crippen molar-refractivity contribution in [2.75, 3.05) is 25.0 Å². The van der Waals surface area contributed by atoms with Crippen LogP contribution in [0.5, 0.6) is 0 Å². The van der Waals surface area contributed by atoms with Crippen molar-refractivity contribution in [1.82, 2.24) is 10.2 Å². The second kappa shape index (κ2) is 8.41. The van der Waals surface area contributed by atoms with Gasteiger partial charge in [-0.15, -0.1) is 0 Å². The van der Waals surface area contributed by atoms with Crippen LogP contribution in [0.1, 0.15) is 44.7 Å². The summed E-state index contributed by atoms with van der Waals surface area (Å²) in [4.78, 5) is 14.5. The number of halogens is 6. The first-order valence-electron chi connectivity index (χ1n) is 9.25. The standard InChI is InChI=1S/C19H25F6N3O/c1-17(2,3)15(11-28-6-4-5-7-28)27-16(29)26-14-9-12(18(20,21)22)8-13(10-14)19(23,24)25/h8-10,15H,4-7,11H2,1-3H3,(H2,26,27,29)/t15-/m1/s1. The van der Waals surface area contributed by atoms with Crippen molar-refractivity contribution in [3.63, 3.8) is 0 Å². The average Bonchev–Trinajstić information content (AvgIpc) is 3.04. The summed E-state index contributed by atoms with van der Waals surface area (Å²) in [5.74, 6) is 0. The molecule has 0 bridgehead atoms. The smallest absolute Gasteiger partial charge is 0.333 e. The molecule has 0 spiro atoms. The number of benzene rings is 1. The van der Waals surface area contributed by atoms with Crippen molar-refractivity contribution in [1.29, 1.82) is 0 Å². The lowest BCUT2D eigenvalue weighted by molar-refractivity contribution is -0.143. The first-order chi connectivity index (χ1) is 13.2. The Bertz CT molecular complexity index is 686. The van der Waals surface area contributed by atoms with Gasteiger partial charge in [0.1, 0.15) is 0 Å². The topological polar surface area (TPSA) is 44.4 Å². The molecule has 1 aliphatic heterocycles. The zero-order chi connectivity index (χ0) is 22.0. The number of likely N-dealkylation sites (tertiary alicyclic amines) is 1. The summed E-state index contributed by atoms with van der Waals surface area (Å²) in [6, 6.07) is -0.193. The fourth-order valence-corrected chi connectivity index (χ4v) is 3.11. The molecule has 2 rings (SSSR count). The summed E-state index contributed by atoms with van der Waals surface area (Å²) < 4.78 is 77.8. The van der Waals surface area contributed by atoms with Gasteiger partial charge in [0.15, 0.2) is 0 Å². The molecule has 0 aliphatic carbocycles. The molecule has 0 radical (unpaired) electrons. The minimum absolute atomic E-state index is 0.0222. The maximum absolute atomic E-state index is 13.0.